The van der Waals surface area contributed by atoms with Crippen molar-refractivity contribution in [2.75, 3.05) is 26.2 Å². The Labute approximate surface area is 102 Å². The summed E-state index contributed by atoms with van der Waals surface area (Å²) >= 11 is 0. The number of nitrogens with one attached hydrogen (secondary N) is 1. The molecule has 0 saturated heterocycles. The van der Waals surface area contributed by atoms with Crippen molar-refractivity contribution in [3.63, 3.8) is 0 Å². The van der Waals surface area contributed by atoms with Crippen molar-refractivity contribution >= 4 is 5.91 Å². The second-order valence-electron chi connectivity index (χ2n) is 3.73. The molecule has 0 aliphatic rings. The van der Waals surface area contributed by atoms with Gasteiger partial charge in [-0.2, -0.15) is 0 Å². The van der Waals surface area contributed by atoms with Crippen LogP contribution in [0.2, 0.25) is 0 Å². The van der Waals surface area contributed by atoms with E-state index in [1.807, 2.05) is 0 Å². The summed E-state index contributed by atoms with van der Waals surface area (Å²) in [6.45, 7) is 8.06. The van der Waals surface area contributed by atoms with Crippen LogP contribution in [-0.2, 0) is 0 Å². The Morgan fingerprint density at radius 3 is 2.71 bits per heavy atom. The predicted molar refractivity (Wildman–Crippen MR) is 66.8 cm³/mol. The summed E-state index contributed by atoms with van der Waals surface area (Å²) in [5, 5.41) is 2.83. The van der Waals surface area contributed by atoms with E-state index in [1.54, 1.807) is 6.20 Å². The molecule has 0 aliphatic carbocycles. The van der Waals surface area contributed by atoms with Crippen LogP contribution < -0.4 is 5.32 Å². The van der Waals surface area contributed by atoms with Gasteiger partial charge >= 0.3 is 0 Å². The maximum atomic E-state index is 11.6. The number of amides is 1. The van der Waals surface area contributed by atoms with E-state index in [4.69, 9.17) is 0 Å². The number of aromatic nitrogens is 2. The first-order chi connectivity index (χ1) is 8.27. The summed E-state index contributed by atoms with van der Waals surface area (Å²) in [5.41, 5.74) is 0.371. The van der Waals surface area contributed by atoms with Crippen LogP contribution in [0.5, 0.6) is 0 Å². The molecule has 5 nitrogen and oxygen atoms in total. The first-order valence-corrected chi connectivity index (χ1v) is 6.04. The predicted octanol–water partition coefficient (Wildman–Crippen LogP) is 0.938. The van der Waals surface area contributed by atoms with Gasteiger partial charge in [0, 0.05) is 18.9 Å². The normalized spacial score (nSPS) is 10.5. The molecule has 0 unspecified atom stereocenters. The Bertz CT molecular complexity index is 325. The molecule has 1 aromatic heterocycles. The van der Waals surface area contributed by atoms with Crippen LogP contribution in [0.1, 0.15) is 30.8 Å². The Balaban J connectivity index is 2.21. The van der Waals surface area contributed by atoms with Crippen LogP contribution >= 0.6 is 0 Å². The number of carbonyl (C=O) groups excluding carboxylic acids is 1. The van der Waals surface area contributed by atoms with E-state index in [2.05, 4.69) is 34.0 Å². The van der Waals surface area contributed by atoms with Crippen molar-refractivity contribution in [1.82, 2.24) is 20.2 Å². The molecule has 0 aromatic carbocycles. The van der Waals surface area contributed by atoms with Crippen molar-refractivity contribution in [3.05, 3.63) is 24.3 Å². The third kappa shape index (κ3) is 4.91. The molecule has 0 bridgehead atoms. The first-order valence-electron chi connectivity index (χ1n) is 6.04. The molecular weight excluding hydrogens is 216 g/mol. The second kappa shape index (κ2) is 7.73. The lowest BCUT2D eigenvalue weighted by Crippen LogP contribution is -2.30. The molecule has 1 aromatic rings. The molecule has 0 fully saturated rings. The Hall–Kier alpha value is -1.49. The number of hydrogen-bond donors (Lipinski definition) is 1. The zero-order chi connectivity index (χ0) is 12.5. The standard InChI is InChI=1S/C12H20N4O/c1-3-16(4-2)9-5-6-15-12(17)11-10-13-7-8-14-11/h7-8,10H,3-6,9H2,1-2H3,(H,15,17). The Kier molecular flexibility index (Phi) is 6.17. The van der Waals surface area contributed by atoms with Gasteiger partial charge in [0.05, 0.1) is 6.20 Å². The minimum atomic E-state index is -0.155. The van der Waals surface area contributed by atoms with Gasteiger partial charge in [-0.05, 0) is 26.1 Å². The second-order valence-corrected chi connectivity index (χ2v) is 3.73. The summed E-state index contributed by atoms with van der Waals surface area (Å²) in [7, 11) is 0. The molecule has 0 saturated carbocycles. The van der Waals surface area contributed by atoms with E-state index in [-0.39, 0.29) is 5.91 Å². The van der Waals surface area contributed by atoms with Gasteiger partial charge < -0.3 is 10.2 Å². The number of hydrogen-bond acceptors (Lipinski definition) is 4. The lowest BCUT2D eigenvalue weighted by molar-refractivity contribution is 0.0946. The highest BCUT2D eigenvalue weighted by atomic mass is 16.1. The monoisotopic (exact) mass is 236 g/mol. The van der Waals surface area contributed by atoms with Crippen LogP contribution in [0.25, 0.3) is 0 Å². The van der Waals surface area contributed by atoms with Gasteiger partial charge in [-0.15, -0.1) is 0 Å². The zero-order valence-electron chi connectivity index (χ0n) is 10.5. The largest absolute Gasteiger partial charge is 0.351 e. The molecule has 1 N–H and O–H groups in total. The number of carbonyl (C=O) groups is 1. The maximum absolute atomic E-state index is 11.6. The molecule has 0 radical (unpaired) electrons. The molecule has 0 spiro atoms. The van der Waals surface area contributed by atoms with Gasteiger partial charge in [-0.3, -0.25) is 9.78 Å². The maximum Gasteiger partial charge on any atom is 0.271 e. The molecule has 5 heteroatoms. The van der Waals surface area contributed by atoms with Gasteiger partial charge in [0.15, 0.2) is 0 Å². The molecule has 17 heavy (non-hydrogen) atoms. The highest BCUT2D eigenvalue weighted by Gasteiger charge is 2.05. The third-order valence-electron chi connectivity index (χ3n) is 2.63. The van der Waals surface area contributed by atoms with Crippen LogP contribution in [0, 0.1) is 0 Å². The van der Waals surface area contributed by atoms with Crippen LogP contribution in [0.3, 0.4) is 0 Å². The lowest BCUT2D eigenvalue weighted by atomic mass is 10.3. The lowest BCUT2D eigenvalue weighted by Gasteiger charge is -2.17. The van der Waals surface area contributed by atoms with Gasteiger partial charge in [0.2, 0.25) is 0 Å². The summed E-state index contributed by atoms with van der Waals surface area (Å²) < 4.78 is 0. The van der Waals surface area contributed by atoms with E-state index in [0.29, 0.717) is 12.2 Å². The van der Waals surface area contributed by atoms with Crippen molar-refractivity contribution < 1.29 is 4.79 Å². The molecule has 0 aliphatic heterocycles. The van der Waals surface area contributed by atoms with Crippen molar-refractivity contribution in [3.8, 4) is 0 Å². The third-order valence-corrected chi connectivity index (χ3v) is 2.63. The SMILES string of the molecule is CCN(CC)CCCNC(=O)c1cnccn1. The fraction of sp³-hybridized carbons (Fsp3) is 0.583. The average Bonchev–Trinajstić information content (AvgIpc) is 2.40. The Morgan fingerprint density at radius 2 is 2.12 bits per heavy atom. The molecule has 1 amide bonds. The molecule has 94 valence electrons. The van der Waals surface area contributed by atoms with Crippen LogP contribution in [0.15, 0.2) is 18.6 Å². The topological polar surface area (TPSA) is 58.1 Å². The van der Waals surface area contributed by atoms with E-state index >= 15 is 0 Å². The average molecular weight is 236 g/mol. The first kappa shape index (κ1) is 13.6. The van der Waals surface area contributed by atoms with E-state index in [0.717, 1.165) is 26.1 Å². The fourth-order valence-electron chi connectivity index (χ4n) is 1.55. The minimum absolute atomic E-state index is 0.155. The summed E-state index contributed by atoms with van der Waals surface area (Å²) in [6.07, 6.45) is 5.50. The van der Waals surface area contributed by atoms with Crippen molar-refractivity contribution in [1.29, 1.82) is 0 Å². The molecule has 1 rings (SSSR count). The summed E-state index contributed by atoms with van der Waals surface area (Å²) in [4.78, 5) is 21.7. The van der Waals surface area contributed by atoms with Gasteiger partial charge in [-0.1, -0.05) is 13.8 Å². The van der Waals surface area contributed by atoms with E-state index in [1.165, 1.54) is 12.4 Å². The van der Waals surface area contributed by atoms with Gasteiger partial charge in [0.25, 0.3) is 5.91 Å². The smallest absolute Gasteiger partial charge is 0.271 e. The quantitative estimate of drug-likeness (QED) is 0.716. The van der Waals surface area contributed by atoms with Gasteiger partial charge in [-0.25, -0.2) is 4.98 Å². The molecule has 1 heterocycles. The van der Waals surface area contributed by atoms with Crippen LogP contribution in [0.4, 0.5) is 0 Å². The van der Waals surface area contributed by atoms with E-state index < -0.39 is 0 Å². The summed E-state index contributed by atoms with van der Waals surface area (Å²) in [5.74, 6) is -0.155. The molecular formula is C12H20N4O. The highest BCUT2D eigenvalue weighted by Crippen LogP contribution is 1.92. The fourth-order valence-corrected chi connectivity index (χ4v) is 1.55. The van der Waals surface area contributed by atoms with E-state index in [9.17, 15) is 4.79 Å². The molecule has 0 atom stereocenters. The van der Waals surface area contributed by atoms with Gasteiger partial charge in [0.1, 0.15) is 5.69 Å². The number of nitrogens with zero attached hydrogens (tertiary/aromatic N) is 3. The van der Waals surface area contributed by atoms with Crippen molar-refractivity contribution in [2.45, 2.75) is 20.3 Å². The Morgan fingerprint density at radius 1 is 1.35 bits per heavy atom. The number of rotatable bonds is 7. The zero-order valence-corrected chi connectivity index (χ0v) is 10.5. The van der Waals surface area contributed by atoms with Crippen LogP contribution in [-0.4, -0.2) is 47.0 Å². The van der Waals surface area contributed by atoms with Crippen molar-refractivity contribution in [2.24, 2.45) is 0 Å². The minimum Gasteiger partial charge on any atom is -0.351 e. The highest BCUT2D eigenvalue weighted by molar-refractivity contribution is 5.91. The summed E-state index contributed by atoms with van der Waals surface area (Å²) in [6, 6.07) is 0.